The Morgan fingerprint density at radius 1 is 1.00 bits per heavy atom. The first kappa shape index (κ1) is 16.4. The van der Waals surface area contributed by atoms with Gasteiger partial charge in [0.25, 0.3) is 0 Å². The lowest BCUT2D eigenvalue weighted by Crippen LogP contribution is -3.30. The number of quaternary nitrogens is 3. The molecular formula is C18H31BrN3+3. The van der Waals surface area contributed by atoms with Gasteiger partial charge < -0.3 is 14.7 Å². The molecule has 2 saturated heterocycles. The number of benzene rings is 1. The second-order valence-electron chi connectivity index (χ2n) is 7.09. The number of nitrogens with one attached hydrogen (secondary N) is 3. The fraction of sp³-hybridized carbons (Fsp3) is 0.667. The maximum absolute atomic E-state index is 3.58. The van der Waals surface area contributed by atoms with E-state index in [-0.39, 0.29) is 0 Å². The zero-order chi connectivity index (χ0) is 15.4. The molecule has 2 fully saturated rings. The maximum atomic E-state index is 3.58. The molecule has 1 aromatic carbocycles. The van der Waals surface area contributed by atoms with Gasteiger partial charge in [0.15, 0.2) is 0 Å². The summed E-state index contributed by atoms with van der Waals surface area (Å²) in [6, 6.07) is 9.75. The molecule has 122 valence electrons. The molecule has 0 aliphatic carbocycles. The van der Waals surface area contributed by atoms with Gasteiger partial charge in [-0.1, -0.05) is 28.1 Å². The molecule has 2 aliphatic rings. The average Bonchev–Trinajstić information content (AvgIpc) is 2.56. The predicted molar refractivity (Wildman–Crippen MR) is 93.5 cm³/mol. The molecule has 0 atom stereocenters. The summed E-state index contributed by atoms with van der Waals surface area (Å²) in [4.78, 5) is 5.48. The van der Waals surface area contributed by atoms with E-state index in [1.165, 1.54) is 75.2 Å². The van der Waals surface area contributed by atoms with Gasteiger partial charge in [-0.05, 0) is 19.1 Å². The summed E-state index contributed by atoms with van der Waals surface area (Å²) in [6.07, 6.45) is 2.83. The number of likely N-dealkylation sites (N-methyl/N-ethyl adjacent to an activating group) is 1. The molecular weight excluding hydrogens is 338 g/mol. The Morgan fingerprint density at radius 2 is 1.73 bits per heavy atom. The SMILES string of the molecule is CC[NH+]1CC[NH+](C2CC[NH+](Cc3cccc(Br)c3)CC2)CC1. The van der Waals surface area contributed by atoms with Crippen LogP contribution in [0.1, 0.15) is 25.3 Å². The number of likely N-dealkylation sites (tertiary alicyclic amines) is 1. The molecule has 0 bridgehead atoms. The highest BCUT2D eigenvalue weighted by Crippen LogP contribution is 2.11. The highest BCUT2D eigenvalue weighted by Gasteiger charge is 2.33. The second kappa shape index (κ2) is 7.91. The van der Waals surface area contributed by atoms with E-state index in [2.05, 4.69) is 47.1 Å². The Morgan fingerprint density at radius 3 is 2.36 bits per heavy atom. The van der Waals surface area contributed by atoms with Crippen LogP contribution in [0.5, 0.6) is 0 Å². The zero-order valence-electron chi connectivity index (χ0n) is 13.8. The predicted octanol–water partition coefficient (Wildman–Crippen LogP) is -1.20. The molecule has 0 saturated carbocycles. The van der Waals surface area contributed by atoms with Gasteiger partial charge in [-0.25, -0.2) is 0 Å². The largest absolute Gasteiger partial charge is 0.331 e. The number of rotatable bonds is 4. The molecule has 3 rings (SSSR count). The molecule has 2 heterocycles. The van der Waals surface area contributed by atoms with E-state index in [1.54, 1.807) is 9.80 Å². The van der Waals surface area contributed by atoms with Crippen molar-refractivity contribution < 1.29 is 14.7 Å². The molecule has 4 heteroatoms. The smallest absolute Gasteiger partial charge is 0.127 e. The van der Waals surface area contributed by atoms with Gasteiger partial charge in [0.1, 0.15) is 32.7 Å². The van der Waals surface area contributed by atoms with E-state index in [0.717, 1.165) is 6.04 Å². The van der Waals surface area contributed by atoms with Crippen LogP contribution < -0.4 is 14.7 Å². The van der Waals surface area contributed by atoms with E-state index in [1.807, 2.05) is 4.90 Å². The van der Waals surface area contributed by atoms with Crippen LogP contribution in [0.2, 0.25) is 0 Å². The third kappa shape index (κ3) is 4.31. The summed E-state index contributed by atoms with van der Waals surface area (Å²) in [7, 11) is 0. The van der Waals surface area contributed by atoms with Gasteiger partial charge in [0.2, 0.25) is 0 Å². The molecule has 3 nitrogen and oxygen atoms in total. The normalized spacial score (nSPS) is 32.8. The third-order valence-electron chi connectivity index (χ3n) is 5.71. The van der Waals surface area contributed by atoms with Crippen LogP contribution in [0.15, 0.2) is 28.7 Å². The Labute approximate surface area is 143 Å². The van der Waals surface area contributed by atoms with E-state index < -0.39 is 0 Å². The maximum Gasteiger partial charge on any atom is 0.127 e. The van der Waals surface area contributed by atoms with Crippen molar-refractivity contribution in [3.63, 3.8) is 0 Å². The molecule has 2 aliphatic heterocycles. The van der Waals surface area contributed by atoms with Crippen LogP contribution in [0.4, 0.5) is 0 Å². The van der Waals surface area contributed by atoms with E-state index in [0.29, 0.717) is 0 Å². The highest BCUT2D eigenvalue weighted by atomic mass is 79.9. The summed E-state index contributed by atoms with van der Waals surface area (Å²) in [5.74, 6) is 0. The Balaban J connectivity index is 1.44. The fourth-order valence-electron chi connectivity index (χ4n) is 4.23. The molecule has 0 amide bonds. The summed E-state index contributed by atoms with van der Waals surface area (Å²) < 4.78 is 1.21. The van der Waals surface area contributed by atoms with Crippen molar-refractivity contribution in [2.45, 2.75) is 32.4 Å². The van der Waals surface area contributed by atoms with Crippen LogP contribution in [0, 0.1) is 0 Å². The minimum atomic E-state index is 0.935. The Kier molecular flexibility index (Phi) is 5.91. The van der Waals surface area contributed by atoms with Crippen LogP contribution in [0.25, 0.3) is 0 Å². The van der Waals surface area contributed by atoms with Crippen LogP contribution in [-0.2, 0) is 6.54 Å². The summed E-state index contributed by atoms with van der Waals surface area (Å²) in [6.45, 7) is 13.1. The summed E-state index contributed by atoms with van der Waals surface area (Å²) in [5.41, 5.74) is 1.47. The fourth-order valence-corrected chi connectivity index (χ4v) is 4.68. The Hall–Kier alpha value is -0.420. The Bertz CT molecular complexity index is 463. The van der Waals surface area contributed by atoms with Gasteiger partial charge in [-0.3, -0.25) is 0 Å². The van der Waals surface area contributed by atoms with Crippen LogP contribution in [0.3, 0.4) is 0 Å². The van der Waals surface area contributed by atoms with Gasteiger partial charge in [-0.2, -0.15) is 0 Å². The first-order valence-electron chi connectivity index (χ1n) is 9.00. The van der Waals surface area contributed by atoms with Crippen molar-refractivity contribution in [3.8, 4) is 0 Å². The van der Waals surface area contributed by atoms with E-state index in [9.17, 15) is 0 Å². The molecule has 0 aromatic heterocycles. The molecule has 0 unspecified atom stereocenters. The van der Waals surface area contributed by atoms with Crippen LogP contribution in [-0.4, -0.2) is 51.9 Å². The van der Waals surface area contributed by atoms with Gasteiger partial charge in [0, 0.05) is 22.9 Å². The van der Waals surface area contributed by atoms with Crippen molar-refractivity contribution in [1.82, 2.24) is 0 Å². The van der Waals surface area contributed by atoms with Crippen molar-refractivity contribution in [3.05, 3.63) is 34.3 Å². The van der Waals surface area contributed by atoms with E-state index >= 15 is 0 Å². The summed E-state index contributed by atoms with van der Waals surface area (Å²) >= 11 is 3.58. The minimum Gasteiger partial charge on any atom is -0.331 e. The first-order chi connectivity index (χ1) is 10.7. The first-order valence-corrected chi connectivity index (χ1v) is 9.80. The van der Waals surface area contributed by atoms with Crippen LogP contribution >= 0.6 is 15.9 Å². The molecule has 22 heavy (non-hydrogen) atoms. The summed E-state index contributed by atoms with van der Waals surface area (Å²) in [5, 5.41) is 0. The standard InChI is InChI=1S/C18H28BrN3/c1-2-20-10-12-22(13-11-20)18-6-8-21(9-7-18)15-16-4-3-5-17(19)14-16/h3-5,14,18H,2,6-13,15H2,1H3/p+3. The molecule has 0 radical (unpaired) electrons. The number of piperidine rings is 1. The van der Waals surface area contributed by atoms with Crippen molar-refractivity contribution >= 4 is 15.9 Å². The van der Waals surface area contributed by atoms with Gasteiger partial charge in [-0.15, -0.1) is 0 Å². The lowest BCUT2D eigenvalue weighted by atomic mass is 10.0. The van der Waals surface area contributed by atoms with Crippen molar-refractivity contribution in [2.24, 2.45) is 0 Å². The molecule has 3 N–H and O–H groups in total. The lowest BCUT2D eigenvalue weighted by Gasteiger charge is -2.37. The number of hydrogen-bond donors (Lipinski definition) is 3. The number of piperazine rings is 1. The number of halogens is 1. The lowest BCUT2D eigenvalue weighted by molar-refractivity contribution is -1.03. The minimum absolute atomic E-state index is 0.935. The van der Waals surface area contributed by atoms with E-state index in [4.69, 9.17) is 0 Å². The monoisotopic (exact) mass is 368 g/mol. The topological polar surface area (TPSA) is 13.3 Å². The molecule has 1 aromatic rings. The quantitative estimate of drug-likeness (QED) is 0.591. The molecule has 0 spiro atoms. The average molecular weight is 369 g/mol. The second-order valence-corrected chi connectivity index (χ2v) is 8.01. The number of hydrogen-bond acceptors (Lipinski definition) is 0. The highest BCUT2D eigenvalue weighted by molar-refractivity contribution is 9.10. The third-order valence-corrected chi connectivity index (χ3v) is 6.21. The zero-order valence-corrected chi connectivity index (χ0v) is 15.4. The van der Waals surface area contributed by atoms with Crippen molar-refractivity contribution in [1.29, 1.82) is 0 Å². The van der Waals surface area contributed by atoms with Gasteiger partial charge >= 0.3 is 0 Å². The van der Waals surface area contributed by atoms with Crippen molar-refractivity contribution in [2.75, 3.05) is 45.8 Å². The van der Waals surface area contributed by atoms with Gasteiger partial charge in [0.05, 0.1) is 25.7 Å².